The molecule has 9 heteroatoms. The van der Waals surface area contributed by atoms with Gasteiger partial charge in [-0.3, -0.25) is 4.57 Å². The molecular formula is C42H55N8P. The van der Waals surface area contributed by atoms with Gasteiger partial charge in [0.1, 0.15) is 6.33 Å². The average Bonchev–Trinajstić information content (AvgIpc) is 3.82. The second-order valence-corrected chi connectivity index (χ2v) is 15.2. The van der Waals surface area contributed by atoms with Gasteiger partial charge in [-0.25, -0.2) is 4.68 Å². The molecule has 2 aromatic heterocycles. The number of aromatic nitrogens is 6. The van der Waals surface area contributed by atoms with Crippen LogP contribution in [0.3, 0.4) is 0 Å². The van der Waals surface area contributed by atoms with Crippen LogP contribution in [0.25, 0.3) is 11.8 Å². The van der Waals surface area contributed by atoms with Crippen LogP contribution in [0.5, 0.6) is 0 Å². The fourth-order valence-electron chi connectivity index (χ4n) is 7.24. The van der Waals surface area contributed by atoms with E-state index in [1.165, 1.54) is 40.0 Å². The van der Waals surface area contributed by atoms with E-state index in [2.05, 4.69) is 146 Å². The maximum atomic E-state index is 4.59. The Labute approximate surface area is 306 Å². The van der Waals surface area contributed by atoms with Gasteiger partial charge in [-0.1, -0.05) is 72.6 Å². The highest BCUT2D eigenvalue weighted by atomic mass is 31.0. The first-order valence-corrected chi connectivity index (χ1v) is 19.1. The van der Waals surface area contributed by atoms with Crippen LogP contribution in [0.1, 0.15) is 81.7 Å². The summed E-state index contributed by atoms with van der Waals surface area (Å²) in [5, 5.41) is 14.4. The Hall–Kier alpha value is -4.42. The van der Waals surface area contributed by atoms with Gasteiger partial charge in [-0.15, -0.1) is 0 Å². The molecule has 0 saturated carbocycles. The molecular weight excluding hydrogens is 647 g/mol. The summed E-state index contributed by atoms with van der Waals surface area (Å²) in [6, 6.07) is 25.3. The van der Waals surface area contributed by atoms with Crippen molar-refractivity contribution >= 4 is 26.3 Å². The lowest BCUT2D eigenvalue weighted by Gasteiger charge is -2.37. The van der Waals surface area contributed by atoms with Crippen LogP contribution in [0, 0.1) is 18.0 Å². The number of hydrogen-bond acceptors (Lipinski definition) is 5. The van der Waals surface area contributed by atoms with E-state index in [-0.39, 0.29) is 5.41 Å². The van der Waals surface area contributed by atoms with Gasteiger partial charge in [0.2, 0.25) is 0 Å². The third-order valence-corrected chi connectivity index (χ3v) is 11.6. The first-order chi connectivity index (χ1) is 24.7. The quantitative estimate of drug-likeness (QED) is 0.102. The maximum Gasteiger partial charge on any atom is 0.155 e. The molecule has 3 aromatic carbocycles. The summed E-state index contributed by atoms with van der Waals surface area (Å²) in [5.74, 6) is 0.614. The summed E-state index contributed by atoms with van der Waals surface area (Å²) in [6.07, 6.45) is 12.9. The molecule has 3 heterocycles. The Bertz CT molecular complexity index is 1920. The van der Waals surface area contributed by atoms with Crippen LogP contribution in [-0.4, -0.2) is 55.5 Å². The Morgan fingerprint density at radius 2 is 1.45 bits per heavy atom. The zero-order chi connectivity index (χ0) is 36.0. The normalized spacial score (nSPS) is 15.8. The third-order valence-electron chi connectivity index (χ3n) is 11.1. The van der Waals surface area contributed by atoms with Crippen molar-refractivity contribution in [3.63, 3.8) is 0 Å². The molecule has 0 radical (unpaired) electrons. The molecule has 5 aromatic rings. The first-order valence-electron chi connectivity index (χ1n) is 18.6. The summed E-state index contributed by atoms with van der Waals surface area (Å²) in [4.78, 5) is 6.85. The number of piperazine rings is 1. The molecule has 0 bridgehead atoms. The number of aryl methyl sites for hydroxylation is 2. The molecule has 51 heavy (non-hydrogen) atoms. The second-order valence-electron chi connectivity index (χ2n) is 14.8. The fraction of sp³-hybridized carbons (Fsp3) is 0.429. The molecule has 0 aliphatic carbocycles. The lowest BCUT2D eigenvalue weighted by atomic mass is 9.75. The van der Waals surface area contributed by atoms with Crippen molar-refractivity contribution in [2.45, 2.75) is 84.7 Å². The minimum atomic E-state index is -0.0671. The van der Waals surface area contributed by atoms with Crippen molar-refractivity contribution in [1.82, 2.24) is 29.3 Å². The molecule has 3 unspecified atom stereocenters. The summed E-state index contributed by atoms with van der Waals surface area (Å²) in [7, 11) is 3.81. The van der Waals surface area contributed by atoms with E-state index < -0.39 is 0 Å². The van der Waals surface area contributed by atoms with Crippen molar-refractivity contribution in [3.8, 4) is 5.69 Å². The molecule has 8 nitrogen and oxygen atoms in total. The van der Waals surface area contributed by atoms with Gasteiger partial charge in [0.25, 0.3) is 0 Å². The Morgan fingerprint density at radius 1 is 0.843 bits per heavy atom. The van der Waals surface area contributed by atoms with Gasteiger partial charge < -0.3 is 9.80 Å². The molecule has 6 rings (SSSR count). The summed E-state index contributed by atoms with van der Waals surface area (Å²) in [6.45, 7) is 20.1. The molecule has 1 saturated heterocycles. The molecule has 0 amide bonds. The fourth-order valence-corrected chi connectivity index (χ4v) is 7.71. The van der Waals surface area contributed by atoms with Gasteiger partial charge in [-0.2, -0.15) is 20.1 Å². The lowest BCUT2D eigenvalue weighted by Crippen LogP contribution is -2.46. The second kappa shape index (κ2) is 16.3. The predicted molar refractivity (Wildman–Crippen MR) is 214 cm³/mol. The van der Waals surface area contributed by atoms with Crippen LogP contribution in [0.2, 0.25) is 0 Å². The summed E-state index contributed by atoms with van der Waals surface area (Å²) in [5.41, 5.74) is 8.84. The third kappa shape index (κ3) is 8.56. The average molecular weight is 703 g/mol. The van der Waals surface area contributed by atoms with Crippen molar-refractivity contribution in [2.75, 3.05) is 36.0 Å². The monoisotopic (exact) mass is 702 g/mol. The van der Waals surface area contributed by atoms with Crippen LogP contribution in [0.4, 0.5) is 11.4 Å². The molecule has 268 valence electrons. The largest absolute Gasteiger partial charge is 0.368 e. The lowest BCUT2D eigenvalue weighted by molar-refractivity contribution is 0.297. The minimum absolute atomic E-state index is 0.0671. The van der Waals surface area contributed by atoms with E-state index in [1.807, 2.05) is 21.9 Å². The highest BCUT2D eigenvalue weighted by molar-refractivity contribution is 7.06. The minimum Gasteiger partial charge on any atom is -0.368 e. The van der Waals surface area contributed by atoms with Crippen LogP contribution < -0.4 is 9.80 Å². The molecule has 3 atom stereocenters. The van der Waals surface area contributed by atoms with Crippen molar-refractivity contribution in [1.29, 1.82) is 0 Å². The maximum absolute atomic E-state index is 4.59. The van der Waals surface area contributed by atoms with E-state index in [0.717, 1.165) is 69.3 Å². The Kier molecular flexibility index (Phi) is 11.6. The number of nitrogens with zero attached hydrogens (tertiary/aromatic N) is 8. The van der Waals surface area contributed by atoms with E-state index in [4.69, 9.17) is 0 Å². The number of benzene rings is 3. The first kappa shape index (κ1) is 36.4. The van der Waals surface area contributed by atoms with E-state index in [9.17, 15) is 0 Å². The van der Waals surface area contributed by atoms with Gasteiger partial charge >= 0.3 is 0 Å². The van der Waals surface area contributed by atoms with E-state index in [0.29, 0.717) is 12.0 Å². The molecule has 1 aliphatic rings. The van der Waals surface area contributed by atoms with Gasteiger partial charge in [-0.05, 0) is 111 Å². The van der Waals surface area contributed by atoms with Crippen molar-refractivity contribution in [2.24, 2.45) is 5.92 Å². The van der Waals surface area contributed by atoms with Crippen LogP contribution >= 0.6 is 8.86 Å². The standard InChI is InChI=1S/C42H55N8P/c1-7-34(5)50-41(51)48(31-45-50)40-19-17-39(18-20-40)47-27-25-46(26-28-47)38-15-12-35(13-16-38)11-9-32(3)21-22-42(6,30-49-43-23-24-44-49)37-14-10-33(4)36(8-2)29-37/h8,10,12-20,23-24,29,31-32,34,51H,2,7,9,11,21-22,25-28,30H2,1,3-6H3. The Morgan fingerprint density at radius 3 is 2.06 bits per heavy atom. The summed E-state index contributed by atoms with van der Waals surface area (Å²) >= 11 is 0. The number of anilines is 2. The molecule has 1 fully saturated rings. The van der Waals surface area contributed by atoms with Crippen molar-refractivity contribution < 1.29 is 0 Å². The number of hydrogen-bond donors (Lipinski definition) is 0. The van der Waals surface area contributed by atoms with Crippen LogP contribution in [0.15, 0.2) is 92.0 Å². The smallest absolute Gasteiger partial charge is 0.155 e. The van der Waals surface area contributed by atoms with Gasteiger partial charge in [0.15, 0.2) is 5.20 Å². The molecule has 1 aliphatic heterocycles. The Balaban J connectivity index is 0.990. The van der Waals surface area contributed by atoms with E-state index >= 15 is 0 Å². The summed E-state index contributed by atoms with van der Waals surface area (Å²) < 4.78 is 4.13. The highest BCUT2D eigenvalue weighted by Crippen LogP contribution is 2.34. The predicted octanol–water partition coefficient (Wildman–Crippen LogP) is 9.20. The van der Waals surface area contributed by atoms with Crippen LogP contribution in [-0.2, 0) is 18.4 Å². The van der Waals surface area contributed by atoms with Gasteiger partial charge in [0, 0.05) is 48.7 Å². The highest BCUT2D eigenvalue weighted by Gasteiger charge is 2.29. The zero-order valence-electron chi connectivity index (χ0n) is 31.2. The topological polar surface area (TPSA) is 59.9 Å². The van der Waals surface area contributed by atoms with E-state index in [1.54, 1.807) is 12.4 Å². The van der Waals surface area contributed by atoms with Gasteiger partial charge in [0.05, 0.1) is 25.0 Å². The number of rotatable bonds is 15. The SMILES string of the molecule is C=Cc1cc(C(C)(CCC(C)CCc2ccc(N3CCN(c4ccc(-n5cnn(C(C)CC)c5=P)cc4)CC3)cc2)Cn2nccn2)ccc1C. The van der Waals surface area contributed by atoms with Crippen molar-refractivity contribution in [3.05, 3.63) is 119 Å². The zero-order valence-corrected chi connectivity index (χ0v) is 32.2. The molecule has 0 spiro atoms. The molecule has 0 N–H and O–H groups in total.